The van der Waals surface area contributed by atoms with Gasteiger partial charge in [0.2, 0.25) is 5.91 Å². The summed E-state index contributed by atoms with van der Waals surface area (Å²) in [6, 6.07) is 5.41. The molecule has 1 heterocycles. The summed E-state index contributed by atoms with van der Waals surface area (Å²) in [4.78, 5) is 19.8. The van der Waals surface area contributed by atoms with E-state index in [0.29, 0.717) is 18.1 Å². The molecule has 0 spiro atoms. The van der Waals surface area contributed by atoms with Gasteiger partial charge in [0.15, 0.2) is 0 Å². The van der Waals surface area contributed by atoms with Gasteiger partial charge in [0.05, 0.1) is 12.1 Å². The molecule has 1 amide bonds. The molecule has 0 unspecified atom stereocenters. The van der Waals surface area contributed by atoms with Crippen LogP contribution in [0.3, 0.4) is 0 Å². The molecule has 0 saturated carbocycles. The van der Waals surface area contributed by atoms with Crippen LogP contribution in [0.15, 0.2) is 24.5 Å². The van der Waals surface area contributed by atoms with Crippen LogP contribution in [0.4, 0.5) is 11.5 Å². The Morgan fingerprint density at radius 2 is 2.21 bits per heavy atom. The Bertz CT molecular complexity index is 584. The number of anilines is 2. The molecule has 2 aromatic rings. The molecule has 6 nitrogen and oxygen atoms in total. The molecular weight excluding hydrogens is 242 g/mol. The number of nitrogens with two attached hydrogens (primary N) is 1. The van der Waals surface area contributed by atoms with Gasteiger partial charge in [0.1, 0.15) is 12.1 Å². The van der Waals surface area contributed by atoms with Crippen molar-refractivity contribution < 1.29 is 4.79 Å². The van der Waals surface area contributed by atoms with Gasteiger partial charge in [0, 0.05) is 17.6 Å². The zero-order chi connectivity index (χ0) is 13.7. The average molecular weight is 259 g/mol. The minimum absolute atomic E-state index is 0.0579. The topological polar surface area (TPSA) is 92.9 Å². The van der Waals surface area contributed by atoms with E-state index in [4.69, 9.17) is 5.73 Å². The van der Waals surface area contributed by atoms with Crippen LogP contribution in [-0.2, 0) is 4.79 Å². The van der Waals surface area contributed by atoms with Crippen LogP contribution in [0, 0.1) is 0 Å². The van der Waals surface area contributed by atoms with E-state index >= 15 is 0 Å². The molecule has 0 saturated heterocycles. The first kappa shape index (κ1) is 13.1. The molecule has 0 fully saturated rings. The van der Waals surface area contributed by atoms with Gasteiger partial charge in [-0.15, -0.1) is 0 Å². The molecule has 6 heteroatoms. The fourth-order valence-corrected chi connectivity index (χ4v) is 1.71. The highest BCUT2D eigenvalue weighted by Gasteiger charge is 2.05. The second-order valence-corrected chi connectivity index (χ2v) is 4.20. The lowest BCUT2D eigenvalue weighted by Gasteiger charge is -2.08. The Labute approximate surface area is 111 Å². The van der Waals surface area contributed by atoms with E-state index in [1.165, 1.54) is 6.33 Å². The highest BCUT2D eigenvalue weighted by molar-refractivity contribution is 5.92. The zero-order valence-corrected chi connectivity index (χ0v) is 10.8. The maximum Gasteiger partial charge on any atom is 0.239 e. The van der Waals surface area contributed by atoms with Gasteiger partial charge in [-0.3, -0.25) is 4.79 Å². The first-order valence-corrected chi connectivity index (χ1v) is 6.21. The predicted octanol–water partition coefficient (Wildman–Crippen LogP) is 1.15. The summed E-state index contributed by atoms with van der Waals surface area (Å²) >= 11 is 0. The molecule has 2 rings (SSSR count). The molecular formula is C13H17N5O. The lowest BCUT2D eigenvalue weighted by molar-refractivity contribution is -0.119. The van der Waals surface area contributed by atoms with E-state index in [1.54, 1.807) is 12.1 Å². The molecule has 0 bridgehead atoms. The Morgan fingerprint density at radius 1 is 1.37 bits per heavy atom. The SMILES string of the molecule is CCCNC(=O)CNc1ncnc2ccc(N)cc12. The second-order valence-electron chi connectivity index (χ2n) is 4.20. The molecule has 0 aliphatic carbocycles. The van der Waals surface area contributed by atoms with Crippen molar-refractivity contribution in [3.63, 3.8) is 0 Å². The number of benzene rings is 1. The quantitative estimate of drug-likeness (QED) is 0.700. The third-order valence-electron chi connectivity index (χ3n) is 2.65. The summed E-state index contributed by atoms with van der Waals surface area (Å²) in [6.07, 6.45) is 2.38. The van der Waals surface area contributed by atoms with E-state index in [-0.39, 0.29) is 12.5 Å². The van der Waals surface area contributed by atoms with Gasteiger partial charge < -0.3 is 16.4 Å². The monoisotopic (exact) mass is 259 g/mol. The summed E-state index contributed by atoms with van der Waals surface area (Å²) in [5.74, 6) is 0.557. The maximum absolute atomic E-state index is 11.5. The molecule has 1 aromatic carbocycles. The summed E-state index contributed by atoms with van der Waals surface area (Å²) in [5, 5.41) is 6.61. The van der Waals surface area contributed by atoms with Gasteiger partial charge in [-0.1, -0.05) is 6.92 Å². The molecule has 0 atom stereocenters. The summed E-state index contributed by atoms with van der Waals surface area (Å²) < 4.78 is 0. The number of carbonyl (C=O) groups excluding carboxylic acids is 1. The van der Waals surface area contributed by atoms with E-state index in [0.717, 1.165) is 17.3 Å². The summed E-state index contributed by atoms with van der Waals surface area (Å²) in [6.45, 7) is 2.87. The summed E-state index contributed by atoms with van der Waals surface area (Å²) in [7, 11) is 0. The highest BCUT2D eigenvalue weighted by atomic mass is 16.1. The van der Waals surface area contributed by atoms with Crippen LogP contribution in [0.1, 0.15) is 13.3 Å². The van der Waals surface area contributed by atoms with Crippen molar-refractivity contribution in [3.8, 4) is 0 Å². The fraction of sp³-hybridized carbons (Fsp3) is 0.308. The third-order valence-corrected chi connectivity index (χ3v) is 2.65. The molecule has 19 heavy (non-hydrogen) atoms. The third kappa shape index (κ3) is 3.31. The van der Waals surface area contributed by atoms with Gasteiger partial charge in [0.25, 0.3) is 0 Å². The lowest BCUT2D eigenvalue weighted by Crippen LogP contribution is -2.30. The Balaban J connectivity index is 2.12. The normalized spacial score (nSPS) is 10.4. The van der Waals surface area contributed by atoms with E-state index < -0.39 is 0 Å². The number of nitrogens with one attached hydrogen (secondary N) is 2. The van der Waals surface area contributed by atoms with Crippen molar-refractivity contribution in [3.05, 3.63) is 24.5 Å². The van der Waals surface area contributed by atoms with Crippen molar-refractivity contribution >= 4 is 28.3 Å². The number of hydrogen-bond acceptors (Lipinski definition) is 5. The lowest BCUT2D eigenvalue weighted by atomic mass is 10.2. The summed E-state index contributed by atoms with van der Waals surface area (Å²) in [5.41, 5.74) is 7.18. The van der Waals surface area contributed by atoms with Crippen LogP contribution in [0.25, 0.3) is 10.9 Å². The molecule has 4 N–H and O–H groups in total. The van der Waals surface area contributed by atoms with Gasteiger partial charge in [-0.25, -0.2) is 9.97 Å². The van der Waals surface area contributed by atoms with Crippen LogP contribution in [-0.4, -0.2) is 29.0 Å². The number of nitrogen functional groups attached to an aromatic ring is 1. The van der Waals surface area contributed by atoms with Crippen LogP contribution < -0.4 is 16.4 Å². The van der Waals surface area contributed by atoms with Crippen molar-refractivity contribution in [2.75, 3.05) is 24.1 Å². The Morgan fingerprint density at radius 3 is 3.00 bits per heavy atom. The van der Waals surface area contributed by atoms with Gasteiger partial charge in [-0.2, -0.15) is 0 Å². The van der Waals surface area contributed by atoms with Crippen molar-refractivity contribution in [1.82, 2.24) is 15.3 Å². The first-order chi connectivity index (χ1) is 9.20. The smallest absolute Gasteiger partial charge is 0.239 e. The number of aromatic nitrogens is 2. The number of nitrogens with zero attached hydrogens (tertiary/aromatic N) is 2. The molecule has 0 aliphatic rings. The average Bonchev–Trinajstić information content (AvgIpc) is 2.42. The molecule has 100 valence electrons. The number of fused-ring (bicyclic) bond motifs is 1. The molecule has 0 aliphatic heterocycles. The highest BCUT2D eigenvalue weighted by Crippen LogP contribution is 2.21. The Kier molecular flexibility index (Phi) is 4.12. The van der Waals surface area contributed by atoms with Gasteiger partial charge in [-0.05, 0) is 24.6 Å². The Hall–Kier alpha value is -2.37. The minimum atomic E-state index is -0.0579. The second kappa shape index (κ2) is 5.99. The zero-order valence-electron chi connectivity index (χ0n) is 10.8. The van der Waals surface area contributed by atoms with Gasteiger partial charge >= 0.3 is 0 Å². The number of hydrogen-bond donors (Lipinski definition) is 3. The van der Waals surface area contributed by atoms with Crippen LogP contribution in [0.5, 0.6) is 0 Å². The van der Waals surface area contributed by atoms with Crippen molar-refractivity contribution in [1.29, 1.82) is 0 Å². The predicted molar refractivity (Wildman–Crippen MR) is 75.7 cm³/mol. The largest absolute Gasteiger partial charge is 0.399 e. The van der Waals surface area contributed by atoms with Crippen LogP contribution >= 0.6 is 0 Å². The van der Waals surface area contributed by atoms with Crippen molar-refractivity contribution in [2.45, 2.75) is 13.3 Å². The van der Waals surface area contributed by atoms with E-state index in [1.807, 2.05) is 13.0 Å². The maximum atomic E-state index is 11.5. The fourth-order valence-electron chi connectivity index (χ4n) is 1.71. The standard InChI is InChI=1S/C13H17N5O/c1-2-5-15-12(19)7-16-13-10-6-9(14)3-4-11(10)17-8-18-13/h3-4,6,8H,2,5,7,14H2,1H3,(H,15,19)(H,16,17,18). The first-order valence-electron chi connectivity index (χ1n) is 6.21. The van der Waals surface area contributed by atoms with E-state index in [9.17, 15) is 4.79 Å². The minimum Gasteiger partial charge on any atom is -0.399 e. The molecule has 0 radical (unpaired) electrons. The molecule has 1 aromatic heterocycles. The van der Waals surface area contributed by atoms with Crippen molar-refractivity contribution in [2.24, 2.45) is 0 Å². The number of rotatable bonds is 5. The van der Waals surface area contributed by atoms with E-state index in [2.05, 4.69) is 20.6 Å². The number of carbonyl (C=O) groups is 1. The number of amides is 1. The van der Waals surface area contributed by atoms with Crippen LogP contribution in [0.2, 0.25) is 0 Å².